The molecule has 0 aromatic heterocycles. The normalized spacial score (nSPS) is 34.9. The lowest BCUT2D eigenvalue weighted by atomic mass is 9.95. The Kier molecular flexibility index (Phi) is 3.63. The first-order chi connectivity index (χ1) is 8.19. The number of hydrogen-bond donors (Lipinski definition) is 1. The van der Waals surface area contributed by atoms with Crippen LogP contribution in [0, 0.1) is 5.92 Å². The van der Waals surface area contributed by atoms with Crippen LogP contribution >= 0.6 is 0 Å². The molecule has 0 spiro atoms. The van der Waals surface area contributed by atoms with E-state index < -0.39 is 34.1 Å². The van der Waals surface area contributed by atoms with Gasteiger partial charge in [0.2, 0.25) is 0 Å². The number of nitrogens with zero attached hydrogens (tertiary/aromatic N) is 1. The largest absolute Gasteiger partial charge is 0.391 e. The third-order valence-corrected chi connectivity index (χ3v) is 5.45. The van der Waals surface area contributed by atoms with E-state index in [1.807, 2.05) is 0 Å². The SMILES string of the molecule is O=S1(=O)CC(O)C(N2CCC(C(F)(F)F)CC2)C1. The Labute approximate surface area is 104 Å². The minimum absolute atomic E-state index is 0.0211. The molecule has 0 aliphatic carbocycles. The number of alkyl halides is 3. The van der Waals surface area contributed by atoms with Crippen LogP contribution in [-0.4, -0.2) is 61.3 Å². The Balaban J connectivity index is 1.95. The number of likely N-dealkylation sites (tertiary alicyclic amines) is 1. The van der Waals surface area contributed by atoms with Crippen LogP contribution in [0.15, 0.2) is 0 Å². The lowest BCUT2D eigenvalue weighted by Gasteiger charge is -2.37. The molecule has 0 bridgehead atoms. The molecular formula is C10H16F3NO3S. The van der Waals surface area contributed by atoms with Crippen LogP contribution in [0.5, 0.6) is 0 Å². The summed E-state index contributed by atoms with van der Waals surface area (Å²) >= 11 is 0. The molecule has 2 saturated heterocycles. The van der Waals surface area contributed by atoms with E-state index in [0.29, 0.717) is 0 Å². The van der Waals surface area contributed by atoms with Crippen LogP contribution < -0.4 is 0 Å². The maximum absolute atomic E-state index is 12.5. The first-order valence-electron chi connectivity index (χ1n) is 5.88. The Bertz CT molecular complexity index is 401. The molecule has 8 heteroatoms. The van der Waals surface area contributed by atoms with Crippen molar-refractivity contribution in [3.05, 3.63) is 0 Å². The summed E-state index contributed by atoms with van der Waals surface area (Å²) in [7, 11) is -3.25. The number of hydrogen-bond acceptors (Lipinski definition) is 4. The second kappa shape index (κ2) is 4.64. The summed E-state index contributed by atoms with van der Waals surface area (Å²) in [6.07, 6.45) is -5.19. The Morgan fingerprint density at radius 2 is 1.67 bits per heavy atom. The minimum atomic E-state index is -4.17. The van der Waals surface area contributed by atoms with Crippen LogP contribution in [-0.2, 0) is 9.84 Å². The van der Waals surface area contributed by atoms with Crippen LogP contribution in [0.4, 0.5) is 13.2 Å². The Hall–Kier alpha value is -0.340. The van der Waals surface area contributed by atoms with Gasteiger partial charge in [0, 0.05) is 0 Å². The Morgan fingerprint density at radius 3 is 2.06 bits per heavy atom. The maximum atomic E-state index is 12.5. The van der Waals surface area contributed by atoms with Crippen molar-refractivity contribution >= 4 is 9.84 Å². The molecule has 0 amide bonds. The van der Waals surface area contributed by atoms with Gasteiger partial charge >= 0.3 is 6.18 Å². The summed E-state index contributed by atoms with van der Waals surface area (Å²) in [6.45, 7) is 0.392. The zero-order valence-electron chi connectivity index (χ0n) is 9.73. The van der Waals surface area contributed by atoms with Crippen LogP contribution in [0.3, 0.4) is 0 Å². The van der Waals surface area contributed by atoms with E-state index in [2.05, 4.69) is 0 Å². The second-order valence-electron chi connectivity index (χ2n) is 5.06. The van der Waals surface area contributed by atoms with Crippen molar-refractivity contribution in [3.63, 3.8) is 0 Å². The summed E-state index contributed by atoms with van der Waals surface area (Å²) in [5.41, 5.74) is 0. The van der Waals surface area contributed by atoms with Gasteiger partial charge in [-0.1, -0.05) is 0 Å². The van der Waals surface area contributed by atoms with Gasteiger partial charge in [0.05, 0.1) is 29.6 Å². The molecule has 4 nitrogen and oxygen atoms in total. The zero-order chi connectivity index (χ0) is 13.6. The van der Waals surface area contributed by atoms with Gasteiger partial charge in [-0.25, -0.2) is 8.42 Å². The summed E-state index contributed by atoms with van der Waals surface area (Å²) in [5.74, 6) is -1.73. The maximum Gasteiger partial charge on any atom is 0.391 e. The van der Waals surface area contributed by atoms with Gasteiger partial charge in [-0.3, -0.25) is 4.90 Å². The fourth-order valence-electron chi connectivity index (χ4n) is 2.72. The number of aliphatic hydroxyl groups excluding tert-OH is 1. The van der Waals surface area contributed by atoms with Crippen LogP contribution in [0.1, 0.15) is 12.8 Å². The summed E-state index contributed by atoms with van der Waals surface area (Å²) in [4.78, 5) is 1.68. The standard InChI is InChI=1S/C10H16F3NO3S/c11-10(12,13)7-1-3-14(4-2-7)8-5-18(16,17)6-9(8)15/h7-9,15H,1-6H2. The van der Waals surface area contributed by atoms with Gasteiger partial charge in [0.15, 0.2) is 9.84 Å². The van der Waals surface area contributed by atoms with Crippen molar-refractivity contribution in [1.82, 2.24) is 4.90 Å². The third kappa shape index (κ3) is 2.97. The predicted octanol–water partition coefficient (Wildman–Crippen LogP) is 0.419. The van der Waals surface area contributed by atoms with E-state index in [4.69, 9.17) is 0 Å². The van der Waals surface area contributed by atoms with Gasteiger partial charge in [0.25, 0.3) is 0 Å². The summed E-state index contributed by atoms with van der Waals surface area (Å²) in [5, 5.41) is 9.66. The number of aliphatic hydroxyl groups is 1. The predicted molar refractivity (Wildman–Crippen MR) is 58.8 cm³/mol. The monoisotopic (exact) mass is 287 g/mol. The van der Waals surface area contributed by atoms with E-state index in [9.17, 15) is 26.7 Å². The average molecular weight is 287 g/mol. The molecule has 0 radical (unpaired) electrons. The molecule has 0 saturated carbocycles. The molecule has 2 atom stereocenters. The highest BCUT2D eigenvalue weighted by Crippen LogP contribution is 2.35. The fourth-order valence-corrected chi connectivity index (χ4v) is 4.55. The lowest BCUT2D eigenvalue weighted by Crippen LogP contribution is -2.48. The van der Waals surface area contributed by atoms with Gasteiger partial charge in [-0.05, 0) is 25.9 Å². The summed E-state index contributed by atoms with van der Waals surface area (Å²) in [6, 6.07) is -0.538. The molecule has 2 fully saturated rings. The quantitative estimate of drug-likeness (QED) is 0.759. The van der Waals surface area contributed by atoms with Gasteiger partial charge in [-0.15, -0.1) is 0 Å². The van der Waals surface area contributed by atoms with E-state index in [1.54, 1.807) is 4.90 Å². The highest BCUT2D eigenvalue weighted by molar-refractivity contribution is 7.91. The van der Waals surface area contributed by atoms with Crippen molar-refractivity contribution in [3.8, 4) is 0 Å². The fraction of sp³-hybridized carbons (Fsp3) is 1.00. The highest BCUT2D eigenvalue weighted by Gasteiger charge is 2.45. The highest BCUT2D eigenvalue weighted by atomic mass is 32.2. The van der Waals surface area contributed by atoms with E-state index in [1.165, 1.54) is 0 Å². The molecule has 0 aromatic carbocycles. The average Bonchev–Trinajstić information content (AvgIpc) is 2.51. The first-order valence-corrected chi connectivity index (χ1v) is 7.70. The van der Waals surface area contributed by atoms with E-state index in [-0.39, 0.29) is 37.4 Å². The van der Waals surface area contributed by atoms with Crippen molar-refractivity contribution < 1.29 is 26.7 Å². The molecule has 1 N–H and O–H groups in total. The summed E-state index contributed by atoms with van der Waals surface area (Å²) < 4.78 is 60.1. The zero-order valence-corrected chi connectivity index (χ0v) is 10.5. The molecule has 106 valence electrons. The Morgan fingerprint density at radius 1 is 1.11 bits per heavy atom. The molecule has 0 aromatic rings. The lowest BCUT2D eigenvalue weighted by molar-refractivity contribution is -0.186. The van der Waals surface area contributed by atoms with Gasteiger partial charge in [-0.2, -0.15) is 13.2 Å². The van der Waals surface area contributed by atoms with Crippen LogP contribution in [0.25, 0.3) is 0 Å². The van der Waals surface area contributed by atoms with Crippen molar-refractivity contribution in [2.45, 2.75) is 31.2 Å². The second-order valence-corrected chi connectivity index (χ2v) is 7.22. The van der Waals surface area contributed by atoms with Crippen molar-refractivity contribution in [2.24, 2.45) is 5.92 Å². The molecule has 2 aliphatic heterocycles. The van der Waals surface area contributed by atoms with Gasteiger partial charge in [0.1, 0.15) is 0 Å². The number of rotatable bonds is 1. The van der Waals surface area contributed by atoms with Crippen LogP contribution in [0.2, 0.25) is 0 Å². The number of sulfone groups is 1. The third-order valence-electron chi connectivity index (χ3n) is 3.76. The molecule has 2 aliphatic rings. The first kappa shape index (κ1) is 14.1. The van der Waals surface area contributed by atoms with Crippen molar-refractivity contribution in [2.75, 3.05) is 24.6 Å². The molecule has 18 heavy (non-hydrogen) atoms. The molecule has 2 rings (SSSR count). The van der Waals surface area contributed by atoms with Crippen molar-refractivity contribution in [1.29, 1.82) is 0 Å². The minimum Gasteiger partial charge on any atom is -0.390 e. The van der Waals surface area contributed by atoms with E-state index >= 15 is 0 Å². The smallest absolute Gasteiger partial charge is 0.390 e. The van der Waals surface area contributed by atoms with E-state index in [0.717, 1.165) is 0 Å². The number of halogens is 3. The molecule has 2 unspecified atom stereocenters. The number of piperidine rings is 1. The topological polar surface area (TPSA) is 57.6 Å². The van der Waals surface area contributed by atoms with Gasteiger partial charge < -0.3 is 5.11 Å². The molecule has 2 heterocycles. The molecular weight excluding hydrogens is 271 g/mol.